The minimum absolute atomic E-state index is 0.0761. The molecule has 4 rings (SSSR count). The van der Waals surface area contributed by atoms with Gasteiger partial charge in [0.2, 0.25) is 0 Å². The Labute approximate surface area is 199 Å². The molecule has 1 amide bonds. The standard InChI is InChI=1S/C26H20ClF2NO4/c1-3-14-4-6-15(7-5-14)23-22(24(31)18-12-16(28)8-11-21(18)34-2)25(32)26(33)30(23)17-9-10-20(29)19(27)13-17/h4-13,23,31H,3H2,1-2H3/b24-22+. The SMILES string of the molecule is CCc1ccc(C2/C(=C(\O)c3cc(F)ccc3OC)C(=O)C(=O)N2c2ccc(F)c(Cl)c2)cc1. The lowest BCUT2D eigenvalue weighted by atomic mass is 9.94. The average Bonchev–Trinajstić information content (AvgIpc) is 3.10. The Balaban J connectivity index is 1.98. The van der Waals surface area contributed by atoms with Crippen LogP contribution in [-0.4, -0.2) is 23.9 Å². The Morgan fingerprint density at radius 3 is 2.38 bits per heavy atom. The Morgan fingerprint density at radius 1 is 1.06 bits per heavy atom. The minimum atomic E-state index is -1.07. The predicted octanol–water partition coefficient (Wildman–Crippen LogP) is 5.82. The van der Waals surface area contributed by atoms with E-state index < -0.39 is 35.1 Å². The van der Waals surface area contributed by atoms with E-state index in [9.17, 15) is 23.5 Å². The summed E-state index contributed by atoms with van der Waals surface area (Å²) in [5.74, 6) is -3.73. The maximum Gasteiger partial charge on any atom is 0.300 e. The number of ketones is 1. The van der Waals surface area contributed by atoms with E-state index in [2.05, 4.69) is 0 Å². The molecule has 1 fully saturated rings. The van der Waals surface area contributed by atoms with Gasteiger partial charge in [0.05, 0.1) is 29.3 Å². The van der Waals surface area contributed by atoms with Crippen molar-refractivity contribution >= 4 is 34.7 Å². The summed E-state index contributed by atoms with van der Waals surface area (Å²) in [7, 11) is 1.34. The van der Waals surface area contributed by atoms with Crippen molar-refractivity contribution in [3.63, 3.8) is 0 Å². The number of rotatable bonds is 5. The van der Waals surface area contributed by atoms with Crippen molar-refractivity contribution in [2.45, 2.75) is 19.4 Å². The maximum atomic E-state index is 14.0. The van der Waals surface area contributed by atoms with Crippen LogP contribution < -0.4 is 9.64 Å². The van der Waals surface area contributed by atoms with Crippen LogP contribution in [0, 0.1) is 11.6 Å². The van der Waals surface area contributed by atoms with Gasteiger partial charge in [-0.1, -0.05) is 42.8 Å². The first-order valence-corrected chi connectivity index (χ1v) is 10.8. The summed E-state index contributed by atoms with van der Waals surface area (Å²) in [5, 5.41) is 11.0. The molecule has 1 atom stereocenters. The number of anilines is 1. The van der Waals surface area contributed by atoms with Gasteiger partial charge in [-0.2, -0.15) is 0 Å². The second-order valence-corrected chi connectivity index (χ2v) is 8.11. The molecule has 3 aromatic rings. The first-order chi connectivity index (χ1) is 16.3. The van der Waals surface area contributed by atoms with Crippen molar-refractivity contribution in [2.75, 3.05) is 12.0 Å². The average molecular weight is 484 g/mol. The van der Waals surface area contributed by atoms with Gasteiger partial charge in [0.25, 0.3) is 11.7 Å². The number of benzene rings is 3. The summed E-state index contributed by atoms with van der Waals surface area (Å²) in [6.07, 6.45) is 0.772. The minimum Gasteiger partial charge on any atom is -0.507 e. The van der Waals surface area contributed by atoms with Crippen LogP contribution in [0.3, 0.4) is 0 Å². The van der Waals surface area contributed by atoms with Crippen molar-refractivity contribution in [1.29, 1.82) is 0 Å². The van der Waals surface area contributed by atoms with Gasteiger partial charge in [-0.25, -0.2) is 8.78 Å². The molecule has 1 N–H and O–H groups in total. The monoisotopic (exact) mass is 483 g/mol. The molecule has 0 bridgehead atoms. The highest BCUT2D eigenvalue weighted by Crippen LogP contribution is 2.44. The third-order valence-corrected chi connectivity index (χ3v) is 6.04. The number of amides is 1. The molecular weight excluding hydrogens is 464 g/mol. The number of Topliss-reactive ketones (excluding diaryl/α,β-unsaturated/α-hetero) is 1. The topological polar surface area (TPSA) is 66.8 Å². The van der Waals surface area contributed by atoms with Crippen LogP contribution in [-0.2, 0) is 16.0 Å². The van der Waals surface area contributed by atoms with Gasteiger partial charge in [-0.05, 0) is 53.9 Å². The molecule has 0 aromatic heterocycles. The van der Waals surface area contributed by atoms with Gasteiger partial charge in [0.15, 0.2) is 0 Å². The number of hydrogen-bond acceptors (Lipinski definition) is 4. The van der Waals surface area contributed by atoms with Crippen molar-refractivity contribution in [1.82, 2.24) is 0 Å². The molecule has 0 spiro atoms. The number of nitrogens with zero attached hydrogens (tertiary/aromatic N) is 1. The number of hydrogen-bond donors (Lipinski definition) is 1. The molecule has 1 heterocycles. The predicted molar refractivity (Wildman–Crippen MR) is 125 cm³/mol. The normalized spacial score (nSPS) is 17.3. The number of aliphatic hydroxyl groups is 1. The molecule has 5 nitrogen and oxygen atoms in total. The van der Waals surface area contributed by atoms with E-state index in [-0.39, 0.29) is 27.6 Å². The zero-order valence-electron chi connectivity index (χ0n) is 18.3. The van der Waals surface area contributed by atoms with E-state index in [0.717, 1.165) is 35.1 Å². The van der Waals surface area contributed by atoms with E-state index in [1.807, 2.05) is 19.1 Å². The Kier molecular flexibility index (Phi) is 6.39. The van der Waals surface area contributed by atoms with Gasteiger partial charge < -0.3 is 9.84 Å². The summed E-state index contributed by atoms with van der Waals surface area (Å²) in [4.78, 5) is 27.5. The van der Waals surface area contributed by atoms with Crippen LogP contribution >= 0.6 is 11.6 Å². The van der Waals surface area contributed by atoms with Gasteiger partial charge >= 0.3 is 0 Å². The molecular formula is C26H20ClF2NO4. The molecule has 1 unspecified atom stereocenters. The first kappa shape index (κ1) is 23.4. The summed E-state index contributed by atoms with van der Waals surface area (Å²) in [5.41, 5.74) is 1.39. The Bertz CT molecular complexity index is 1320. The van der Waals surface area contributed by atoms with Crippen LogP contribution in [0.25, 0.3) is 5.76 Å². The fourth-order valence-electron chi connectivity index (χ4n) is 4.00. The van der Waals surface area contributed by atoms with Crippen molar-refractivity contribution in [3.05, 3.63) is 99.6 Å². The summed E-state index contributed by atoms with van der Waals surface area (Å²) in [6, 6.07) is 13.2. The van der Waals surface area contributed by atoms with E-state index in [1.165, 1.54) is 25.3 Å². The van der Waals surface area contributed by atoms with Crippen molar-refractivity contribution in [3.8, 4) is 5.75 Å². The second kappa shape index (κ2) is 9.27. The molecule has 3 aromatic carbocycles. The number of ether oxygens (including phenoxy) is 1. The van der Waals surface area contributed by atoms with E-state index in [4.69, 9.17) is 16.3 Å². The van der Waals surface area contributed by atoms with Crippen LogP contribution in [0.5, 0.6) is 5.75 Å². The van der Waals surface area contributed by atoms with Crippen LogP contribution in [0.15, 0.2) is 66.2 Å². The number of aliphatic hydroxyl groups excluding tert-OH is 1. The lowest BCUT2D eigenvalue weighted by molar-refractivity contribution is -0.132. The van der Waals surface area contributed by atoms with Crippen molar-refractivity contribution in [2.24, 2.45) is 0 Å². The smallest absolute Gasteiger partial charge is 0.300 e. The third-order valence-electron chi connectivity index (χ3n) is 5.75. The number of carbonyl (C=O) groups is 2. The number of carbonyl (C=O) groups excluding carboxylic acids is 2. The fraction of sp³-hybridized carbons (Fsp3) is 0.154. The lowest BCUT2D eigenvalue weighted by Crippen LogP contribution is -2.29. The molecule has 8 heteroatoms. The molecule has 174 valence electrons. The molecule has 1 aliphatic rings. The Hall–Kier alpha value is -3.71. The summed E-state index contributed by atoms with van der Waals surface area (Å²) >= 11 is 5.94. The van der Waals surface area contributed by atoms with E-state index in [1.54, 1.807) is 12.1 Å². The molecule has 1 aliphatic heterocycles. The summed E-state index contributed by atoms with van der Waals surface area (Å²) < 4.78 is 33.1. The molecule has 34 heavy (non-hydrogen) atoms. The lowest BCUT2D eigenvalue weighted by Gasteiger charge is -2.26. The quantitative estimate of drug-likeness (QED) is 0.282. The van der Waals surface area contributed by atoms with Crippen LogP contribution in [0.2, 0.25) is 5.02 Å². The maximum absolute atomic E-state index is 14.0. The molecule has 0 aliphatic carbocycles. The highest BCUT2D eigenvalue weighted by molar-refractivity contribution is 6.51. The number of halogens is 3. The number of aryl methyl sites for hydroxylation is 1. The summed E-state index contributed by atoms with van der Waals surface area (Å²) in [6.45, 7) is 1.98. The van der Waals surface area contributed by atoms with Gasteiger partial charge in [-0.15, -0.1) is 0 Å². The largest absolute Gasteiger partial charge is 0.507 e. The zero-order valence-corrected chi connectivity index (χ0v) is 19.1. The van der Waals surface area contributed by atoms with E-state index in [0.29, 0.717) is 5.56 Å². The van der Waals surface area contributed by atoms with Crippen LogP contribution in [0.1, 0.15) is 29.7 Å². The second-order valence-electron chi connectivity index (χ2n) is 7.71. The van der Waals surface area contributed by atoms with Crippen molar-refractivity contribution < 1.29 is 28.2 Å². The first-order valence-electron chi connectivity index (χ1n) is 10.5. The molecule has 1 saturated heterocycles. The zero-order chi connectivity index (χ0) is 24.6. The van der Waals surface area contributed by atoms with Crippen LogP contribution in [0.4, 0.5) is 14.5 Å². The third kappa shape index (κ3) is 4.03. The highest BCUT2D eigenvalue weighted by atomic mass is 35.5. The van der Waals surface area contributed by atoms with Gasteiger partial charge in [0.1, 0.15) is 23.1 Å². The van der Waals surface area contributed by atoms with E-state index >= 15 is 0 Å². The van der Waals surface area contributed by atoms with Gasteiger partial charge in [-0.3, -0.25) is 14.5 Å². The molecule has 0 saturated carbocycles. The van der Waals surface area contributed by atoms with Gasteiger partial charge in [0, 0.05) is 5.69 Å². The molecule has 0 radical (unpaired) electrons. The highest BCUT2D eigenvalue weighted by Gasteiger charge is 2.47. The fourth-order valence-corrected chi connectivity index (χ4v) is 4.17. The number of methoxy groups -OCH3 is 1. The Morgan fingerprint density at radius 2 is 1.76 bits per heavy atom.